The van der Waals surface area contributed by atoms with Crippen LogP contribution in [-0.4, -0.2) is 16.8 Å². The lowest BCUT2D eigenvalue weighted by atomic mass is 10.1. The summed E-state index contributed by atoms with van der Waals surface area (Å²) in [5, 5.41) is 6.73. The van der Waals surface area contributed by atoms with E-state index in [1.54, 1.807) is 30.3 Å². The number of nitrogens with one attached hydrogen (secondary N) is 1. The molecule has 1 aromatic heterocycles. The van der Waals surface area contributed by atoms with E-state index in [9.17, 15) is 9.59 Å². The van der Waals surface area contributed by atoms with Crippen LogP contribution in [0.4, 0.5) is 5.69 Å². The van der Waals surface area contributed by atoms with Crippen molar-refractivity contribution < 1.29 is 14.1 Å². The summed E-state index contributed by atoms with van der Waals surface area (Å²) in [5.41, 5.74) is 3.89. The number of rotatable bonds is 5. The van der Waals surface area contributed by atoms with Gasteiger partial charge in [0, 0.05) is 22.9 Å². The zero-order chi connectivity index (χ0) is 17.8. The molecule has 126 valence electrons. The quantitative estimate of drug-likeness (QED) is 0.715. The van der Waals surface area contributed by atoms with Crippen LogP contribution in [0.3, 0.4) is 0 Å². The Morgan fingerprint density at radius 1 is 1.04 bits per heavy atom. The summed E-state index contributed by atoms with van der Waals surface area (Å²) in [5.74, 6) is 0.428. The highest BCUT2D eigenvalue weighted by Gasteiger charge is 2.11. The van der Waals surface area contributed by atoms with E-state index in [0.29, 0.717) is 22.7 Å². The molecule has 1 N–H and O–H groups in total. The van der Waals surface area contributed by atoms with Gasteiger partial charge in [0.1, 0.15) is 0 Å². The molecular formula is C20H18N2O3. The highest BCUT2D eigenvalue weighted by molar-refractivity contribution is 5.96. The number of benzene rings is 2. The van der Waals surface area contributed by atoms with Crippen LogP contribution in [0.15, 0.2) is 59.1 Å². The van der Waals surface area contributed by atoms with Crippen LogP contribution in [0, 0.1) is 6.92 Å². The maximum absolute atomic E-state index is 12.1. The van der Waals surface area contributed by atoms with Gasteiger partial charge in [0.2, 0.25) is 5.91 Å². The monoisotopic (exact) mass is 334 g/mol. The van der Waals surface area contributed by atoms with Crippen molar-refractivity contribution in [3.05, 3.63) is 71.4 Å². The first kappa shape index (κ1) is 16.6. The summed E-state index contributed by atoms with van der Waals surface area (Å²) in [7, 11) is 0. The van der Waals surface area contributed by atoms with Crippen molar-refractivity contribution in [2.24, 2.45) is 0 Å². The van der Waals surface area contributed by atoms with Crippen LogP contribution < -0.4 is 5.32 Å². The number of carbonyl (C=O) groups excluding carboxylic acids is 2. The van der Waals surface area contributed by atoms with Gasteiger partial charge in [0.25, 0.3) is 0 Å². The van der Waals surface area contributed by atoms with Gasteiger partial charge in [-0.2, -0.15) is 0 Å². The number of hydrogen-bond donors (Lipinski definition) is 1. The Hall–Kier alpha value is -3.21. The maximum Gasteiger partial charge on any atom is 0.230 e. The van der Waals surface area contributed by atoms with E-state index >= 15 is 0 Å². The van der Waals surface area contributed by atoms with E-state index in [2.05, 4.69) is 10.5 Å². The second kappa shape index (κ2) is 7.13. The van der Waals surface area contributed by atoms with Crippen LogP contribution in [0.1, 0.15) is 28.5 Å². The minimum atomic E-state index is -0.195. The van der Waals surface area contributed by atoms with Crippen molar-refractivity contribution in [2.45, 2.75) is 20.3 Å². The van der Waals surface area contributed by atoms with Crippen LogP contribution in [0.25, 0.3) is 11.3 Å². The third kappa shape index (κ3) is 4.20. The first-order valence-electron chi connectivity index (χ1n) is 7.95. The van der Waals surface area contributed by atoms with Crippen molar-refractivity contribution in [1.29, 1.82) is 0 Å². The molecule has 0 aliphatic carbocycles. The van der Waals surface area contributed by atoms with Crippen molar-refractivity contribution in [2.75, 3.05) is 5.32 Å². The average Bonchev–Trinajstić information content (AvgIpc) is 3.04. The van der Waals surface area contributed by atoms with Crippen molar-refractivity contribution in [3.8, 4) is 11.3 Å². The van der Waals surface area contributed by atoms with Crippen LogP contribution in [0.2, 0.25) is 0 Å². The molecule has 0 unspecified atom stereocenters. The van der Waals surface area contributed by atoms with Crippen molar-refractivity contribution in [3.63, 3.8) is 0 Å². The van der Waals surface area contributed by atoms with E-state index in [1.165, 1.54) is 12.5 Å². The molecule has 5 nitrogen and oxygen atoms in total. The average molecular weight is 334 g/mol. The van der Waals surface area contributed by atoms with Gasteiger partial charge >= 0.3 is 0 Å². The lowest BCUT2D eigenvalue weighted by Gasteiger charge is -2.04. The predicted octanol–water partition coefficient (Wildman–Crippen LogP) is 4.03. The smallest absolute Gasteiger partial charge is 0.230 e. The van der Waals surface area contributed by atoms with Gasteiger partial charge in [-0.3, -0.25) is 9.59 Å². The predicted molar refractivity (Wildman–Crippen MR) is 95.5 cm³/mol. The number of aromatic nitrogens is 1. The highest BCUT2D eigenvalue weighted by Crippen LogP contribution is 2.21. The van der Waals surface area contributed by atoms with Gasteiger partial charge in [-0.1, -0.05) is 35.0 Å². The third-order valence-electron chi connectivity index (χ3n) is 3.81. The molecule has 0 fully saturated rings. The number of ketones is 1. The molecule has 0 radical (unpaired) electrons. The number of aryl methyl sites for hydroxylation is 1. The van der Waals surface area contributed by atoms with Gasteiger partial charge in [0.05, 0.1) is 12.1 Å². The van der Waals surface area contributed by atoms with Crippen LogP contribution in [-0.2, 0) is 11.2 Å². The summed E-state index contributed by atoms with van der Waals surface area (Å²) >= 11 is 0. The van der Waals surface area contributed by atoms with E-state index in [1.807, 2.05) is 31.2 Å². The van der Waals surface area contributed by atoms with Crippen molar-refractivity contribution in [1.82, 2.24) is 5.16 Å². The lowest BCUT2D eigenvalue weighted by Crippen LogP contribution is -2.14. The molecule has 3 rings (SSSR count). The number of Topliss-reactive ketones (excluding diaryl/α,β-unsaturated/α-hetero) is 1. The Kier molecular flexibility index (Phi) is 4.75. The summed E-state index contributed by atoms with van der Waals surface area (Å²) in [6.45, 7) is 3.52. The lowest BCUT2D eigenvalue weighted by molar-refractivity contribution is -0.115. The molecule has 0 spiro atoms. The maximum atomic E-state index is 12.1. The van der Waals surface area contributed by atoms with Gasteiger partial charge in [-0.05, 0) is 38.1 Å². The Bertz CT molecular complexity index is 893. The number of nitrogens with zero attached hydrogens (tertiary/aromatic N) is 1. The van der Waals surface area contributed by atoms with Gasteiger partial charge in [0.15, 0.2) is 11.5 Å². The molecule has 0 aliphatic rings. The van der Waals surface area contributed by atoms with Crippen molar-refractivity contribution >= 4 is 17.4 Å². The first-order valence-corrected chi connectivity index (χ1v) is 7.95. The van der Waals surface area contributed by atoms with E-state index < -0.39 is 0 Å². The summed E-state index contributed by atoms with van der Waals surface area (Å²) in [6, 6.07) is 16.4. The molecule has 0 bridgehead atoms. The standard InChI is InChI=1S/C20H18N2O3/c1-13-3-5-16(6-4-13)19-11-18(22-25-19)12-20(24)21-17-9-7-15(8-10-17)14(2)23/h3-11H,12H2,1-2H3,(H,21,24). The second-order valence-electron chi connectivity index (χ2n) is 5.91. The fourth-order valence-corrected chi connectivity index (χ4v) is 2.41. The molecule has 0 aliphatic heterocycles. The Morgan fingerprint density at radius 2 is 1.72 bits per heavy atom. The molecular weight excluding hydrogens is 316 g/mol. The van der Waals surface area contributed by atoms with Gasteiger partial charge < -0.3 is 9.84 Å². The third-order valence-corrected chi connectivity index (χ3v) is 3.81. The molecule has 3 aromatic rings. The summed E-state index contributed by atoms with van der Waals surface area (Å²) in [4.78, 5) is 23.4. The Morgan fingerprint density at radius 3 is 2.36 bits per heavy atom. The fraction of sp³-hybridized carbons (Fsp3) is 0.150. The Labute approximate surface area is 145 Å². The fourth-order valence-electron chi connectivity index (χ4n) is 2.41. The molecule has 0 saturated carbocycles. The van der Waals surface area contributed by atoms with E-state index in [4.69, 9.17) is 4.52 Å². The van der Waals surface area contributed by atoms with E-state index in [0.717, 1.165) is 5.56 Å². The largest absolute Gasteiger partial charge is 0.356 e. The SMILES string of the molecule is CC(=O)c1ccc(NC(=O)Cc2cc(-c3ccc(C)cc3)on2)cc1. The summed E-state index contributed by atoms with van der Waals surface area (Å²) in [6.07, 6.45) is 0.115. The van der Waals surface area contributed by atoms with Gasteiger partial charge in [-0.25, -0.2) is 0 Å². The minimum Gasteiger partial charge on any atom is -0.356 e. The molecule has 25 heavy (non-hydrogen) atoms. The molecule has 1 heterocycles. The second-order valence-corrected chi connectivity index (χ2v) is 5.91. The number of carbonyl (C=O) groups is 2. The minimum absolute atomic E-state index is 0.0101. The summed E-state index contributed by atoms with van der Waals surface area (Å²) < 4.78 is 5.32. The van der Waals surface area contributed by atoms with Gasteiger partial charge in [-0.15, -0.1) is 0 Å². The molecule has 1 amide bonds. The highest BCUT2D eigenvalue weighted by atomic mass is 16.5. The first-order chi connectivity index (χ1) is 12.0. The number of amides is 1. The van der Waals surface area contributed by atoms with Crippen LogP contribution >= 0.6 is 0 Å². The zero-order valence-corrected chi connectivity index (χ0v) is 14.1. The van der Waals surface area contributed by atoms with E-state index in [-0.39, 0.29) is 18.1 Å². The normalized spacial score (nSPS) is 10.5. The molecule has 2 aromatic carbocycles. The molecule has 0 saturated heterocycles. The number of hydrogen-bond acceptors (Lipinski definition) is 4. The Balaban J connectivity index is 1.63. The molecule has 0 atom stereocenters. The van der Waals surface area contributed by atoms with Crippen LogP contribution in [0.5, 0.6) is 0 Å². The zero-order valence-electron chi connectivity index (χ0n) is 14.1. The molecule has 5 heteroatoms. The topological polar surface area (TPSA) is 72.2 Å². The number of anilines is 1.